The molecule has 60 valence electrons. The Bertz CT molecular complexity index is 273. The zero-order chi connectivity index (χ0) is 8.27. The van der Waals surface area contributed by atoms with Crippen molar-refractivity contribution >= 4 is 35.5 Å². The number of para-hydroxylation sites is 1. The first kappa shape index (κ1) is 11.5. The van der Waals surface area contributed by atoms with Crippen molar-refractivity contribution in [2.24, 2.45) is 0 Å². The van der Waals surface area contributed by atoms with Crippen LogP contribution in [0.15, 0.2) is 24.3 Å². The van der Waals surface area contributed by atoms with Crippen molar-refractivity contribution in [3.63, 3.8) is 0 Å². The fourth-order valence-corrected chi connectivity index (χ4v) is 0.821. The maximum absolute atomic E-state index is 10.5. The molecule has 0 fully saturated rings. The van der Waals surface area contributed by atoms with Gasteiger partial charge in [-0.05, 0) is 12.1 Å². The Morgan fingerprint density at radius 2 is 2.00 bits per heavy atom. The van der Waals surface area contributed by atoms with E-state index in [4.69, 9.17) is 9.84 Å². The minimum atomic E-state index is -0.970. The molecule has 0 saturated carbocycles. The number of carbonyl (C=O) groups is 1. The summed E-state index contributed by atoms with van der Waals surface area (Å²) in [5.41, 5.74) is 0.190. The molecule has 1 N–H and O–H groups in total. The Morgan fingerprint density at radius 3 is 2.42 bits per heavy atom. The Morgan fingerprint density at radius 1 is 1.42 bits per heavy atom. The summed E-state index contributed by atoms with van der Waals surface area (Å²) < 4.78 is 4.83. The predicted molar refractivity (Wildman–Crippen MR) is 47.1 cm³/mol. The fraction of sp³-hybridized carbons (Fsp3) is 0.125. The normalized spacial score (nSPS) is 8.42. The first-order valence-electron chi connectivity index (χ1n) is 3.12. The molecular formula is C8H9NaO3. The van der Waals surface area contributed by atoms with Gasteiger partial charge in [-0.3, -0.25) is 0 Å². The number of carboxylic acid groups (broad SMARTS) is 1. The molecular weight excluding hydrogens is 167 g/mol. The molecule has 3 nitrogen and oxygen atoms in total. The SMILES string of the molecule is COc1ccccc1C(=O)O.[NaH]. The van der Waals surface area contributed by atoms with Crippen LogP contribution in [-0.4, -0.2) is 47.7 Å². The molecule has 0 unspecified atom stereocenters. The van der Waals surface area contributed by atoms with Crippen molar-refractivity contribution in [1.82, 2.24) is 0 Å². The van der Waals surface area contributed by atoms with Gasteiger partial charge in [0.15, 0.2) is 0 Å². The minimum absolute atomic E-state index is 0. The third kappa shape index (κ3) is 2.52. The van der Waals surface area contributed by atoms with Gasteiger partial charge in [-0.1, -0.05) is 12.1 Å². The molecule has 1 aromatic carbocycles. The average molecular weight is 176 g/mol. The number of ether oxygens (including phenoxy) is 1. The van der Waals surface area contributed by atoms with E-state index < -0.39 is 5.97 Å². The van der Waals surface area contributed by atoms with Crippen LogP contribution in [0, 0.1) is 0 Å². The Hall–Kier alpha value is -0.510. The van der Waals surface area contributed by atoms with E-state index in [9.17, 15) is 4.79 Å². The number of hydrogen-bond donors (Lipinski definition) is 1. The quantitative estimate of drug-likeness (QED) is 0.676. The van der Waals surface area contributed by atoms with Crippen LogP contribution >= 0.6 is 0 Å². The molecule has 0 spiro atoms. The zero-order valence-electron chi connectivity index (χ0n) is 6.07. The van der Waals surface area contributed by atoms with Gasteiger partial charge in [0.05, 0.1) is 7.11 Å². The third-order valence-electron chi connectivity index (χ3n) is 1.34. The zero-order valence-corrected chi connectivity index (χ0v) is 6.07. The van der Waals surface area contributed by atoms with Gasteiger partial charge in [-0.2, -0.15) is 0 Å². The summed E-state index contributed by atoms with van der Waals surface area (Å²) >= 11 is 0. The van der Waals surface area contributed by atoms with E-state index in [-0.39, 0.29) is 35.1 Å². The van der Waals surface area contributed by atoms with Crippen LogP contribution in [-0.2, 0) is 0 Å². The van der Waals surface area contributed by atoms with E-state index in [1.807, 2.05) is 0 Å². The number of methoxy groups -OCH3 is 1. The molecule has 4 heteroatoms. The maximum atomic E-state index is 10.5. The third-order valence-corrected chi connectivity index (χ3v) is 1.34. The topological polar surface area (TPSA) is 46.5 Å². The average Bonchev–Trinajstić information content (AvgIpc) is 2.04. The van der Waals surface area contributed by atoms with Crippen LogP contribution in [0.25, 0.3) is 0 Å². The molecule has 0 aliphatic heterocycles. The van der Waals surface area contributed by atoms with Gasteiger partial charge in [0.2, 0.25) is 0 Å². The van der Waals surface area contributed by atoms with Crippen LogP contribution in [0.5, 0.6) is 5.75 Å². The summed E-state index contributed by atoms with van der Waals surface area (Å²) in [4.78, 5) is 10.5. The first-order valence-corrected chi connectivity index (χ1v) is 3.12. The van der Waals surface area contributed by atoms with Crippen LogP contribution in [0.4, 0.5) is 0 Å². The monoisotopic (exact) mass is 176 g/mol. The Labute approximate surface area is 92.6 Å². The summed E-state index contributed by atoms with van der Waals surface area (Å²) in [7, 11) is 1.45. The van der Waals surface area contributed by atoms with Gasteiger partial charge in [-0.15, -0.1) is 0 Å². The van der Waals surface area contributed by atoms with E-state index in [2.05, 4.69) is 0 Å². The number of aromatic carboxylic acids is 1. The number of rotatable bonds is 2. The molecule has 0 atom stereocenters. The Kier molecular flexibility index (Phi) is 4.97. The first-order chi connectivity index (χ1) is 5.25. The van der Waals surface area contributed by atoms with Gasteiger partial charge in [0.25, 0.3) is 0 Å². The summed E-state index contributed by atoms with van der Waals surface area (Å²) in [5.74, 6) is -0.581. The molecule has 1 aromatic rings. The van der Waals surface area contributed by atoms with E-state index in [1.54, 1.807) is 18.2 Å². The molecule has 1 rings (SSSR count). The molecule has 12 heavy (non-hydrogen) atoms. The molecule has 0 aromatic heterocycles. The predicted octanol–water partition coefficient (Wildman–Crippen LogP) is 0.745. The van der Waals surface area contributed by atoms with Crippen molar-refractivity contribution < 1.29 is 14.6 Å². The van der Waals surface area contributed by atoms with Crippen LogP contribution in [0.1, 0.15) is 10.4 Å². The molecule has 0 aliphatic carbocycles. The van der Waals surface area contributed by atoms with Crippen molar-refractivity contribution in [1.29, 1.82) is 0 Å². The molecule has 0 heterocycles. The number of benzene rings is 1. The fourth-order valence-electron chi connectivity index (χ4n) is 0.821. The molecule has 0 amide bonds. The van der Waals surface area contributed by atoms with E-state index in [0.717, 1.165) is 0 Å². The van der Waals surface area contributed by atoms with Gasteiger partial charge in [0.1, 0.15) is 11.3 Å². The van der Waals surface area contributed by atoms with Gasteiger partial charge in [-0.25, -0.2) is 4.79 Å². The van der Waals surface area contributed by atoms with E-state index >= 15 is 0 Å². The molecule has 0 saturated heterocycles. The van der Waals surface area contributed by atoms with E-state index in [1.165, 1.54) is 13.2 Å². The summed E-state index contributed by atoms with van der Waals surface area (Å²) in [6, 6.07) is 6.50. The van der Waals surface area contributed by atoms with Crippen molar-refractivity contribution in [3.8, 4) is 5.75 Å². The second kappa shape index (κ2) is 5.19. The number of hydrogen-bond acceptors (Lipinski definition) is 2. The standard InChI is InChI=1S/C8H8O3.Na.H/c1-11-7-5-3-2-4-6(7)8(9)10;;/h2-5H,1H3,(H,9,10);;. The second-order valence-corrected chi connectivity index (χ2v) is 2.01. The second-order valence-electron chi connectivity index (χ2n) is 2.01. The Balaban J connectivity index is 0.00000121. The molecule has 0 bridgehead atoms. The number of carboxylic acids is 1. The molecule has 0 radical (unpaired) electrons. The van der Waals surface area contributed by atoms with Crippen LogP contribution in [0.2, 0.25) is 0 Å². The van der Waals surface area contributed by atoms with Crippen molar-refractivity contribution in [2.75, 3.05) is 7.11 Å². The summed E-state index contributed by atoms with van der Waals surface area (Å²) in [6.07, 6.45) is 0. The van der Waals surface area contributed by atoms with Crippen molar-refractivity contribution in [2.45, 2.75) is 0 Å². The van der Waals surface area contributed by atoms with Gasteiger partial charge >= 0.3 is 35.5 Å². The van der Waals surface area contributed by atoms with Gasteiger partial charge < -0.3 is 9.84 Å². The van der Waals surface area contributed by atoms with Crippen LogP contribution < -0.4 is 4.74 Å². The summed E-state index contributed by atoms with van der Waals surface area (Å²) in [6.45, 7) is 0. The van der Waals surface area contributed by atoms with Crippen LogP contribution in [0.3, 0.4) is 0 Å². The molecule has 0 aliphatic rings. The van der Waals surface area contributed by atoms with Gasteiger partial charge in [0, 0.05) is 0 Å². The summed E-state index contributed by atoms with van der Waals surface area (Å²) in [5, 5.41) is 8.62. The van der Waals surface area contributed by atoms with Crippen molar-refractivity contribution in [3.05, 3.63) is 29.8 Å². The van der Waals surface area contributed by atoms with E-state index in [0.29, 0.717) is 5.75 Å².